The number of hydrogen-bond acceptors (Lipinski definition) is 3. The van der Waals surface area contributed by atoms with E-state index in [0.717, 1.165) is 5.82 Å². The van der Waals surface area contributed by atoms with Gasteiger partial charge in [-0.3, -0.25) is 0 Å². The Labute approximate surface area is 104 Å². The highest BCUT2D eigenvalue weighted by molar-refractivity contribution is 5.39. The molecule has 0 bridgehead atoms. The predicted molar refractivity (Wildman–Crippen MR) is 72.5 cm³/mol. The number of anilines is 1. The second-order valence-electron chi connectivity index (χ2n) is 5.35. The Morgan fingerprint density at radius 1 is 1.35 bits per heavy atom. The van der Waals surface area contributed by atoms with Gasteiger partial charge in [-0.15, -0.1) is 0 Å². The molecular formula is C14H23N3. The van der Waals surface area contributed by atoms with Crippen LogP contribution < -0.4 is 5.32 Å². The number of aromatic nitrogens is 1. The molecule has 3 nitrogen and oxygen atoms in total. The summed E-state index contributed by atoms with van der Waals surface area (Å²) in [6, 6.07) is 4.87. The van der Waals surface area contributed by atoms with Gasteiger partial charge in [-0.25, -0.2) is 4.98 Å². The summed E-state index contributed by atoms with van der Waals surface area (Å²) in [5, 5.41) is 3.56. The molecule has 2 rings (SSSR count). The molecule has 0 aliphatic carbocycles. The van der Waals surface area contributed by atoms with Crippen LogP contribution >= 0.6 is 0 Å². The quantitative estimate of drug-likeness (QED) is 0.870. The SMILES string of the molecule is CC(C)c1ccnc(NC2CCN(C)CC2)c1. The zero-order chi connectivity index (χ0) is 12.3. The van der Waals surface area contributed by atoms with Crippen molar-refractivity contribution in [3.8, 4) is 0 Å². The normalized spacial score (nSPS) is 18.6. The van der Waals surface area contributed by atoms with E-state index < -0.39 is 0 Å². The molecule has 17 heavy (non-hydrogen) atoms. The van der Waals surface area contributed by atoms with Crippen LogP contribution in [0.3, 0.4) is 0 Å². The topological polar surface area (TPSA) is 28.2 Å². The van der Waals surface area contributed by atoms with Gasteiger partial charge in [0.25, 0.3) is 0 Å². The summed E-state index contributed by atoms with van der Waals surface area (Å²) < 4.78 is 0. The maximum atomic E-state index is 4.41. The molecule has 1 saturated heterocycles. The Morgan fingerprint density at radius 2 is 2.06 bits per heavy atom. The fourth-order valence-corrected chi connectivity index (χ4v) is 2.25. The molecular weight excluding hydrogens is 210 g/mol. The molecule has 1 aliphatic heterocycles. The number of hydrogen-bond donors (Lipinski definition) is 1. The van der Waals surface area contributed by atoms with Crippen molar-refractivity contribution < 1.29 is 0 Å². The maximum Gasteiger partial charge on any atom is 0.126 e. The van der Waals surface area contributed by atoms with Crippen molar-refractivity contribution in [3.05, 3.63) is 23.9 Å². The van der Waals surface area contributed by atoms with Crippen molar-refractivity contribution in [1.82, 2.24) is 9.88 Å². The van der Waals surface area contributed by atoms with Crippen molar-refractivity contribution in [3.63, 3.8) is 0 Å². The van der Waals surface area contributed by atoms with Crippen molar-refractivity contribution >= 4 is 5.82 Å². The van der Waals surface area contributed by atoms with Gasteiger partial charge in [0.05, 0.1) is 0 Å². The fourth-order valence-electron chi connectivity index (χ4n) is 2.25. The fraction of sp³-hybridized carbons (Fsp3) is 0.643. The summed E-state index contributed by atoms with van der Waals surface area (Å²) in [6.07, 6.45) is 4.33. The number of likely N-dealkylation sites (tertiary alicyclic amines) is 1. The molecule has 1 aromatic heterocycles. The van der Waals surface area contributed by atoms with E-state index in [0.29, 0.717) is 12.0 Å². The molecule has 0 radical (unpaired) electrons. The van der Waals surface area contributed by atoms with E-state index in [-0.39, 0.29) is 0 Å². The van der Waals surface area contributed by atoms with Crippen molar-refractivity contribution in [2.45, 2.75) is 38.6 Å². The molecule has 1 fully saturated rings. The van der Waals surface area contributed by atoms with Crippen molar-refractivity contribution in [2.24, 2.45) is 0 Å². The Balaban J connectivity index is 1.96. The number of pyridine rings is 1. The van der Waals surface area contributed by atoms with E-state index in [2.05, 4.69) is 48.2 Å². The smallest absolute Gasteiger partial charge is 0.126 e. The summed E-state index contributed by atoms with van der Waals surface area (Å²) in [5.41, 5.74) is 1.36. The first-order valence-corrected chi connectivity index (χ1v) is 6.56. The van der Waals surface area contributed by atoms with Crippen LogP contribution in [-0.4, -0.2) is 36.1 Å². The molecule has 2 heterocycles. The standard InChI is InChI=1S/C14H23N3/c1-11(2)12-4-7-15-14(10-12)16-13-5-8-17(3)9-6-13/h4,7,10-11,13H,5-6,8-9H2,1-3H3,(H,15,16). The average molecular weight is 233 g/mol. The Hall–Kier alpha value is -1.09. The van der Waals surface area contributed by atoms with E-state index in [9.17, 15) is 0 Å². The van der Waals surface area contributed by atoms with Crippen LogP contribution in [0.15, 0.2) is 18.3 Å². The molecule has 0 spiro atoms. The molecule has 1 aliphatic rings. The molecule has 0 atom stereocenters. The zero-order valence-electron chi connectivity index (χ0n) is 11.1. The van der Waals surface area contributed by atoms with Gasteiger partial charge in [0.1, 0.15) is 5.82 Å². The minimum atomic E-state index is 0.566. The number of nitrogens with one attached hydrogen (secondary N) is 1. The monoisotopic (exact) mass is 233 g/mol. The second kappa shape index (κ2) is 5.50. The van der Waals surface area contributed by atoms with E-state index in [1.165, 1.54) is 31.5 Å². The van der Waals surface area contributed by atoms with Gasteiger partial charge >= 0.3 is 0 Å². The Bertz CT molecular complexity index is 354. The van der Waals surface area contributed by atoms with Crippen LogP contribution in [0.5, 0.6) is 0 Å². The van der Waals surface area contributed by atoms with E-state index in [1.54, 1.807) is 0 Å². The van der Waals surface area contributed by atoms with Gasteiger partial charge in [0.15, 0.2) is 0 Å². The first kappa shape index (κ1) is 12.4. The minimum absolute atomic E-state index is 0.566. The Kier molecular flexibility index (Phi) is 4.00. The molecule has 94 valence electrons. The predicted octanol–water partition coefficient (Wildman–Crippen LogP) is 2.71. The molecule has 0 saturated carbocycles. The van der Waals surface area contributed by atoms with Gasteiger partial charge in [0, 0.05) is 12.2 Å². The van der Waals surface area contributed by atoms with Crippen LogP contribution in [0.1, 0.15) is 38.2 Å². The molecule has 0 aromatic carbocycles. The lowest BCUT2D eigenvalue weighted by Gasteiger charge is -2.29. The lowest BCUT2D eigenvalue weighted by Crippen LogP contribution is -2.36. The minimum Gasteiger partial charge on any atom is -0.367 e. The van der Waals surface area contributed by atoms with Crippen LogP contribution in [0, 0.1) is 0 Å². The van der Waals surface area contributed by atoms with Gasteiger partial charge in [-0.2, -0.15) is 0 Å². The summed E-state index contributed by atoms with van der Waals surface area (Å²) in [4.78, 5) is 6.80. The van der Waals surface area contributed by atoms with Crippen LogP contribution in [-0.2, 0) is 0 Å². The van der Waals surface area contributed by atoms with Gasteiger partial charge in [-0.05, 0) is 56.6 Å². The highest BCUT2D eigenvalue weighted by Crippen LogP contribution is 2.19. The molecule has 3 heteroatoms. The van der Waals surface area contributed by atoms with E-state index >= 15 is 0 Å². The summed E-state index contributed by atoms with van der Waals surface area (Å²) in [5.74, 6) is 1.60. The third-order valence-corrected chi connectivity index (χ3v) is 3.52. The van der Waals surface area contributed by atoms with Crippen LogP contribution in [0.25, 0.3) is 0 Å². The second-order valence-corrected chi connectivity index (χ2v) is 5.35. The van der Waals surface area contributed by atoms with Gasteiger partial charge in [0.2, 0.25) is 0 Å². The number of piperidine rings is 1. The van der Waals surface area contributed by atoms with Crippen molar-refractivity contribution in [2.75, 3.05) is 25.5 Å². The molecule has 0 unspecified atom stereocenters. The summed E-state index contributed by atoms with van der Waals surface area (Å²) in [6.45, 7) is 6.80. The van der Waals surface area contributed by atoms with Crippen molar-refractivity contribution in [1.29, 1.82) is 0 Å². The Morgan fingerprint density at radius 3 is 2.71 bits per heavy atom. The van der Waals surface area contributed by atoms with Gasteiger partial charge < -0.3 is 10.2 Å². The van der Waals surface area contributed by atoms with E-state index in [4.69, 9.17) is 0 Å². The first-order chi connectivity index (χ1) is 8.15. The third kappa shape index (κ3) is 3.43. The largest absolute Gasteiger partial charge is 0.367 e. The third-order valence-electron chi connectivity index (χ3n) is 3.52. The molecule has 0 amide bonds. The molecule has 1 N–H and O–H groups in total. The molecule has 1 aromatic rings. The number of rotatable bonds is 3. The zero-order valence-corrected chi connectivity index (χ0v) is 11.1. The number of nitrogens with zero attached hydrogens (tertiary/aromatic N) is 2. The summed E-state index contributed by atoms with van der Waals surface area (Å²) in [7, 11) is 2.19. The first-order valence-electron chi connectivity index (χ1n) is 6.56. The lowest BCUT2D eigenvalue weighted by molar-refractivity contribution is 0.263. The van der Waals surface area contributed by atoms with Crippen LogP contribution in [0.4, 0.5) is 5.82 Å². The summed E-state index contributed by atoms with van der Waals surface area (Å²) >= 11 is 0. The highest BCUT2D eigenvalue weighted by atomic mass is 15.1. The average Bonchev–Trinajstić information content (AvgIpc) is 2.32. The highest BCUT2D eigenvalue weighted by Gasteiger charge is 2.16. The van der Waals surface area contributed by atoms with Gasteiger partial charge in [-0.1, -0.05) is 13.8 Å². The maximum absolute atomic E-state index is 4.41. The van der Waals surface area contributed by atoms with Crippen LogP contribution in [0.2, 0.25) is 0 Å². The van der Waals surface area contributed by atoms with E-state index in [1.807, 2.05) is 6.20 Å². The lowest BCUT2D eigenvalue weighted by atomic mass is 10.0.